The van der Waals surface area contributed by atoms with Gasteiger partial charge >= 0.3 is 0 Å². The number of nitriles is 1. The van der Waals surface area contributed by atoms with Crippen molar-refractivity contribution in [2.75, 3.05) is 24.2 Å². The zero-order chi connectivity index (χ0) is 21.4. The molecule has 0 unspecified atom stereocenters. The van der Waals surface area contributed by atoms with Gasteiger partial charge in [-0.2, -0.15) is 5.26 Å². The van der Waals surface area contributed by atoms with Gasteiger partial charge in [0.05, 0.1) is 16.3 Å². The summed E-state index contributed by atoms with van der Waals surface area (Å²) in [5.74, 6) is 0.243. The van der Waals surface area contributed by atoms with E-state index in [1.807, 2.05) is 12.1 Å². The van der Waals surface area contributed by atoms with E-state index in [4.69, 9.17) is 40.1 Å². The van der Waals surface area contributed by atoms with Crippen LogP contribution in [0.5, 0.6) is 0 Å². The molecule has 1 N–H and O–H groups in total. The van der Waals surface area contributed by atoms with Gasteiger partial charge in [-0.3, -0.25) is 0 Å². The van der Waals surface area contributed by atoms with Crippen molar-refractivity contribution >= 4 is 50.5 Å². The molecule has 0 bridgehead atoms. The molecule has 0 radical (unpaired) electrons. The predicted molar refractivity (Wildman–Crippen MR) is 120 cm³/mol. The van der Waals surface area contributed by atoms with E-state index in [9.17, 15) is 8.42 Å². The molecule has 0 spiro atoms. The third kappa shape index (κ3) is 7.06. The van der Waals surface area contributed by atoms with Gasteiger partial charge in [-0.15, -0.1) is 0 Å². The average Bonchev–Trinajstić information content (AvgIpc) is 3.25. The summed E-state index contributed by atoms with van der Waals surface area (Å²) in [7, 11) is -2.86. The Balaban J connectivity index is 0.000000253. The van der Waals surface area contributed by atoms with Crippen LogP contribution >= 0.6 is 34.8 Å². The topological polar surface area (TPSA) is 73.2 Å². The highest BCUT2D eigenvalue weighted by atomic mass is 35.5. The van der Waals surface area contributed by atoms with E-state index in [1.54, 1.807) is 41.6 Å². The first-order chi connectivity index (χ1) is 13.8. The van der Waals surface area contributed by atoms with Gasteiger partial charge in [0, 0.05) is 35.4 Å². The Labute approximate surface area is 187 Å². The predicted octanol–water partition coefficient (Wildman–Crippen LogP) is 5.56. The Kier molecular flexibility index (Phi) is 9.06. The maximum absolute atomic E-state index is 11.1. The first-order valence-electron chi connectivity index (χ1n) is 9.12. The van der Waals surface area contributed by atoms with E-state index in [0.29, 0.717) is 27.2 Å². The summed E-state index contributed by atoms with van der Waals surface area (Å²) in [4.78, 5) is 0. The molecular weight excluding hydrogens is 453 g/mol. The summed E-state index contributed by atoms with van der Waals surface area (Å²) in [6.45, 7) is 3.68. The third-order valence-electron chi connectivity index (χ3n) is 4.40. The zero-order valence-corrected chi connectivity index (χ0v) is 19.0. The molecule has 2 aromatic rings. The number of hydrogen-bond acceptors (Lipinski definition) is 4. The zero-order valence-electron chi connectivity index (χ0n) is 16.0. The van der Waals surface area contributed by atoms with Crippen molar-refractivity contribution in [3.05, 3.63) is 62.6 Å². The van der Waals surface area contributed by atoms with Crippen LogP contribution in [0, 0.1) is 11.3 Å². The van der Waals surface area contributed by atoms with E-state index in [2.05, 4.69) is 5.32 Å². The van der Waals surface area contributed by atoms with Gasteiger partial charge in [0.25, 0.3) is 0 Å². The fraction of sp³-hybridized carbons (Fsp3) is 0.350. The molecule has 1 fully saturated rings. The quantitative estimate of drug-likeness (QED) is 0.615. The number of nitrogens with one attached hydrogen (secondary N) is 1. The molecule has 1 saturated heterocycles. The highest BCUT2D eigenvalue weighted by molar-refractivity contribution is 7.89. The fourth-order valence-electron chi connectivity index (χ4n) is 2.74. The fourth-order valence-corrected chi connectivity index (χ4v) is 4.52. The second-order valence-electron chi connectivity index (χ2n) is 6.40. The summed E-state index contributed by atoms with van der Waals surface area (Å²) >= 11 is 18.0. The molecule has 0 aliphatic carbocycles. The van der Waals surface area contributed by atoms with Gasteiger partial charge in [0.15, 0.2) is 0 Å². The lowest BCUT2D eigenvalue weighted by Gasteiger charge is -2.12. The van der Waals surface area contributed by atoms with Crippen LogP contribution in [-0.2, 0) is 16.6 Å². The van der Waals surface area contributed by atoms with E-state index < -0.39 is 10.0 Å². The lowest BCUT2D eigenvalue weighted by molar-refractivity contribution is 0.478. The van der Waals surface area contributed by atoms with Crippen LogP contribution in [-0.4, -0.2) is 31.6 Å². The van der Waals surface area contributed by atoms with E-state index in [1.165, 1.54) is 0 Å². The summed E-state index contributed by atoms with van der Waals surface area (Å²) in [6.07, 6.45) is 2.05. The smallest absolute Gasteiger partial charge is 0.213 e. The van der Waals surface area contributed by atoms with Crippen LogP contribution in [0.3, 0.4) is 0 Å². The standard InChI is InChI=1S/C14H9Cl3N2.C6H13NO2S/c15-11-2-4-13(16)10(5-11)8-19-12-3-1-9(7-18)14(17)6-12;1-2-10(8,9)7-5-3-4-6-7/h1-6,19H,8H2;2-6H2,1H3. The maximum Gasteiger partial charge on any atom is 0.213 e. The van der Waals surface area contributed by atoms with Crippen molar-refractivity contribution in [3.63, 3.8) is 0 Å². The number of benzene rings is 2. The van der Waals surface area contributed by atoms with Crippen LogP contribution in [0.1, 0.15) is 30.9 Å². The first-order valence-corrected chi connectivity index (χ1v) is 11.9. The van der Waals surface area contributed by atoms with Gasteiger partial charge in [-0.25, -0.2) is 12.7 Å². The highest BCUT2D eigenvalue weighted by Crippen LogP contribution is 2.24. The van der Waals surface area contributed by atoms with Crippen LogP contribution in [0.4, 0.5) is 5.69 Å². The van der Waals surface area contributed by atoms with Gasteiger partial charge in [0.1, 0.15) is 6.07 Å². The lowest BCUT2D eigenvalue weighted by Crippen LogP contribution is -2.29. The number of rotatable bonds is 5. The monoisotopic (exact) mass is 473 g/mol. The van der Waals surface area contributed by atoms with Crippen LogP contribution < -0.4 is 5.32 Å². The Morgan fingerprint density at radius 1 is 1.07 bits per heavy atom. The van der Waals surface area contributed by atoms with Crippen LogP contribution in [0.2, 0.25) is 15.1 Å². The number of halogens is 3. The van der Waals surface area contributed by atoms with Crippen molar-refractivity contribution < 1.29 is 8.42 Å². The lowest BCUT2D eigenvalue weighted by atomic mass is 10.2. The van der Waals surface area contributed by atoms with E-state index in [-0.39, 0.29) is 5.75 Å². The summed E-state index contributed by atoms with van der Waals surface area (Å²) in [6, 6.07) is 12.5. The molecule has 1 aliphatic rings. The molecule has 0 atom stereocenters. The van der Waals surface area contributed by atoms with Gasteiger partial charge in [0.2, 0.25) is 10.0 Å². The van der Waals surface area contributed by atoms with Crippen molar-refractivity contribution in [2.45, 2.75) is 26.3 Å². The van der Waals surface area contributed by atoms with Crippen molar-refractivity contribution in [1.82, 2.24) is 4.31 Å². The molecule has 156 valence electrons. The molecule has 5 nitrogen and oxygen atoms in total. The summed E-state index contributed by atoms with van der Waals surface area (Å²) < 4.78 is 23.8. The van der Waals surface area contributed by atoms with E-state index >= 15 is 0 Å². The second kappa shape index (κ2) is 11.1. The molecule has 2 aromatic carbocycles. The summed E-state index contributed by atoms with van der Waals surface area (Å²) in [5.41, 5.74) is 2.17. The van der Waals surface area contributed by atoms with Crippen molar-refractivity contribution in [2.24, 2.45) is 0 Å². The molecule has 1 heterocycles. The molecule has 0 aromatic heterocycles. The largest absolute Gasteiger partial charge is 0.381 e. The normalized spacial score (nSPS) is 14.0. The van der Waals surface area contributed by atoms with Gasteiger partial charge < -0.3 is 5.32 Å². The van der Waals surface area contributed by atoms with Gasteiger partial charge in [-0.1, -0.05) is 34.8 Å². The van der Waals surface area contributed by atoms with Gasteiger partial charge in [-0.05, 0) is 61.7 Å². The second-order valence-corrected chi connectivity index (χ2v) is 9.91. The van der Waals surface area contributed by atoms with Crippen molar-refractivity contribution in [3.8, 4) is 6.07 Å². The van der Waals surface area contributed by atoms with Crippen LogP contribution in [0.15, 0.2) is 36.4 Å². The molecule has 0 amide bonds. The van der Waals surface area contributed by atoms with Crippen LogP contribution in [0.25, 0.3) is 0 Å². The number of hydrogen-bond donors (Lipinski definition) is 1. The molecule has 3 rings (SSSR count). The first kappa shape index (κ1) is 23.8. The minimum atomic E-state index is -2.86. The molecule has 29 heavy (non-hydrogen) atoms. The Morgan fingerprint density at radius 2 is 1.76 bits per heavy atom. The minimum absolute atomic E-state index is 0.243. The Morgan fingerprint density at radius 3 is 2.34 bits per heavy atom. The Hall–Kier alpha value is -1.49. The highest BCUT2D eigenvalue weighted by Gasteiger charge is 2.22. The SMILES string of the molecule is CCS(=O)(=O)N1CCCC1.N#Cc1ccc(NCc2cc(Cl)ccc2Cl)cc1Cl. The number of anilines is 1. The molecule has 1 aliphatic heterocycles. The minimum Gasteiger partial charge on any atom is -0.381 e. The van der Waals surface area contributed by atoms with E-state index in [0.717, 1.165) is 37.2 Å². The third-order valence-corrected chi connectivity index (χ3v) is 7.20. The average molecular weight is 475 g/mol. The number of nitrogens with zero attached hydrogens (tertiary/aromatic N) is 2. The molecular formula is C20H22Cl3N3O2S. The maximum atomic E-state index is 11.1. The summed E-state index contributed by atoms with van der Waals surface area (Å²) in [5, 5.41) is 13.7. The Bertz CT molecular complexity index is 985. The molecule has 0 saturated carbocycles. The molecule has 9 heteroatoms. The van der Waals surface area contributed by atoms with Crippen molar-refractivity contribution in [1.29, 1.82) is 5.26 Å². The number of sulfonamides is 1.